The number of hydrogen-bond donors (Lipinski definition) is 2. The normalized spacial score (nSPS) is 12.1. The van der Waals surface area contributed by atoms with Crippen LogP contribution in [0.5, 0.6) is 0 Å². The summed E-state index contributed by atoms with van der Waals surface area (Å²) in [6.45, 7) is 1.92. The first kappa shape index (κ1) is 13.8. The SMILES string of the molecule is CC(NC(=O)Cc1csc(N)n1)c1cccc(Cl)c1. The van der Waals surface area contributed by atoms with Crippen molar-refractivity contribution in [2.75, 3.05) is 5.73 Å². The number of thiazole rings is 1. The van der Waals surface area contributed by atoms with Crippen molar-refractivity contribution in [3.8, 4) is 0 Å². The minimum absolute atomic E-state index is 0.0854. The second kappa shape index (κ2) is 6.04. The average molecular weight is 296 g/mol. The molecule has 0 saturated carbocycles. The number of nitrogens with one attached hydrogen (secondary N) is 1. The Morgan fingerprint density at radius 2 is 2.37 bits per heavy atom. The monoisotopic (exact) mass is 295 g/mol. The van der Waals surface area contributed by atoms with Crippen LogP contribution in [0.1, 0.15) is 24.2 Å². The Morgan fingerprint density at radius 3 is 3.00 bits per heavy atom. The molecule has 1 unspecified atom stereocenters. The van der Waals surface area contributed by atoms with Crippen molar-refractivity contribution in [2.45, 2.75) is 19.4 Å². The molecule has 0 bridgehead atoms. The summed E-state index contributed by atoms with van der Waals surface area (Å²) in [6.07, 6.45) is 0.235. The number of carbonyl (C=O) groups is 1. The van der Waals surface area contributed by atoms with Gasteiger partial charge in [0.2, 0.25) is 5.91 Å². The molecule has 0 aliphatic carbocycles. The van der Waals surface area contributed by atoms with E-state index in [1.54, 1.807) is 11.4 Å². The zero-order valence-corrected chi connectivity index (χ0v) is 12.0. The molecule has 100 valence electrons. The molecule has 1 heterocycles. The fourth-order valence-corrected chi connectivity index (χ4v) is 2.48. The highest BCUT2D eigenvalue weighted by atomic mass is 35.5. The van der Waals surface area contributed by atoms with E-state index >= 15 is 0 Å². The van der Waals surface area contributed by atoms with Crippen molar-refractivity contribution in [2.24, 2.45) is 0 Å². The van der Waals surface area contributed by atoms with Gasteiger partial charge < -0.3 is 11.1 Å². The number of amides is 1. The first-order chi connectivity index (χ1) is 9.04. The van der Waals surface area contributed by atoms with Gasteiger partial charge in [-0.1, -0.05) is 23.7 Å². The van der Waals surface area contributed by atoms with Gasteiger partial charge in [0.15, 0.2) is 5.13 Å². The Bertz CT molecular complexity index is 585. The maximum atomic E-state index is 11.9. The van der Waals surface area contributed by atoms with E-state index < -0.39 is 0 Å². The van der Waals surface area contributed by atoms with Crippen LogP contribution in [0, 0.1) is 0 Å². The van der Waals surface area contributed by atoms with Crippen molar-refractivity contribution in [3.63, 3.8) is 0 Å². The maximum absolute atomic E-state index is 11.9. The number of halogens is 1. The zero-order chi connectivity index (χ0) is 13.8. The van der Waals surface area contributed by atoms with Crippen LogP contribution in [0.3, 0.4) is 0 Å². The van der Waals surface area contributed by atoms with Crippen LogP contribution >= 0.6 is 22.9 Å². The van der Waals surface area contributed by atoms with E-state index in [4.69, 9.17) is 17.3 Å². The third kappa shape index (κ3) is 3.94. The standard InChI is InChI=1S/C13H14ClN3OS/c1-8(9-3-2-4-10(14)5-9)16-12(18)6-11-7-19-13(15)17-11/h2-5,7-8H,6H2,1H3,(H2,15,17)(H,16,18). The highest BCUT2D eigenvalue weighted by Crippen LogP contribution is 2.17. The summed E-state index contributed by atoms with van der Waals surface area (Å²) in [7, 11) is 0. The Morgan fingerprint density at radius 1 is 1.58 bits per heavy atom. The van der Waals surface area contributed by atoms with Crippen LogP contribution in [0.2, 0.25) is 5.02 Å². The van der Waals surface area contributed by atoms with Gasteiger partial charge in [0.05, 0.1) is 18.2 Å². The van der Waals surface area contributed by atoms with Gasteiger partial charge in [-0.3, -0.25) is 4.79 Å². The van der Waals surface area contributed by atoms with Crippen molar-refractivity contribution in [1.29, 1.82) is 0 Å². The third-order valence-electron chi connectivity index (χ3n) is 2.64. The van der Waals surface area contributed by atoms with Gasteiger partial charge in [0.25, 0.3) is 0 Å². The highest BCUT2D eigenvalue weighted by Gasteiger charge is 2.11. The van der Waals surface area contributed by atoms with Crippen molar-refractivity contribution < 1.29 is 4.79 Å². The Kier molecular flexibility index (Phi) is 4.39. The molecule has 6 heteroatoms. The lowest BCUT2D eigenvalue weighted by atomic mass is 10.1. The summed E-state index contributed by atoms with van der Waals surface area (Å²) in [5.74, 6) is -0.0854. The van der Waals surface area contributed by atoms with Gasteiger partial charge in [-0.2, -0.15) is 0 Å². The lowest BCUT2D eigenvalue weighted by Gasteiger charge is -2.14. The van der Waals surface area contributed by atoms with E-state index in [-0.39, 0.29) is 18.4 Å². The molecule has 0 aliphatic heterocycles. The quantitative estimate of drug-likeness (QED) is 0.911. The number of aromatic nitrogens is 1. The van der Waals surface area contributed by atoms with Crippen LogP contribution in [-0.2, 0) is 11.2 Å². The molecule has 1 amide bonds. The molecule has 0 fully saturated rings. The topological polar surface area (TPSA) is 68.0 Å². The van der Waals surface area contributed by atoms with Crippen LogP contribution < -0.4 is 11.1 Å². The number of carbonyl (C=O) groups excluding carboxylic acids is 1. The molecule has 19 heavy (non-hydrogen) atoms. The number of anilines is 1. The van der Waals surface area contributed by atoms with E-state index in [1.807, 2.05) is 25.1 Å². The average Bonchev–Trinajstić information content (AvgIpc) is 2.74. The summed E-state index contributed by atoms with van der Waals surface area (Å²) >= 11 is 7.26. The number of nitrogens with zero attached hydrogens (tertiary/aromatic N) is 1. The molecule has 0 spiro atoms. The Balaban J connectivity index is 1.95. The predicted octanol–water partition coefficient (Wildman–Crippen LogP) is 2.80. The Labute approximate surface area is 120 Å². The minimum atomic E-state index is -0.0952. The fourth-order valence-electron chi connectivity index (χ4n) is 1.72. The summed E-state index contributed by atoms with van der Waals surface area (Å²) in [5, 5.41) is 5.83. The zero-order valence-electron chi connectivity index (χ0n) is 10.4. The molecular formula is C13H14ClN3OS. The molecule has 0 saturated heterocycles. The lowest BCUT2D eigenvalue weighted by Crippen LogP contribution is -2.28. The molecule has 2 rings (SSSR count). The summed E-state index contributed by atoms with van der Waals surface area (Å²) in [5.41, 5.74) is 7.19. The molecule has 0 radical (unpaired) electrons. The van der Waals surface area contributed by atoms with E-state index in [2.05, 4.69) is 10.3 Å². The van der Waals surface area contributed by atoms with Crippen LogP contribution in [0.4, 0.5) is 5.13 Å². The molecule has 1 aromatic carbocycles. The van der Waals surface area contributed by atoms with Gasteiger partial charge in [-0.15, -0.1) is 11.3 Å². The number of rotatable bonds is 4. The molecular weight excluding hydrogens is 282 g/mol. The smallest absolute Gasteiger partial charge is 0.226 e. The largest absolute Gasteiger partial charge is 0.375 e. The summed E-state index contributed by atoms with van der Waals surface area (Å²) in [6, 6.07) is 7.34. The molecule has 4 nitrogen and oxygen atoms in total. The first-order valence-corrected chi connectivity index (χ1v) is 7.05. The van der Waals surface area contributed by atoms with E-state index in [9.17, 15) is 4.79 Å². The first-order valence-electron chi connectivity index (χ1n) is 5.79. The predicted molar refractivity (Wildman–Crippen MR) is 78.2 cm³/mol. The van der Waals surface area contributed by atoms with Crippen molar-refractivity contribution in [1.82, 2.24) is 10.3 Å². The Hall–Kier alpha value is -1.59. The van der Waals surface area contributed by atoms with E-state index in [0.717, 1.165) is 5.56 Å². The lowest BCUT2D eigenvalue weighted by molar-refractivity contribution is -0.121. The fraction of sp³-hybridized carbons (Fsp3) is 0.231. The van der Waals surface area contributed by atoms with Crippen molar-refractivity contribution in [3.05, 3.63) is 45.9 Å². The second-order valence-corrected chi connectivity index (χ2v) is 5.52. The van der Waals surface area contributed by atoms with Crippen molar-refractivity contribution >= 4 is 34.0 Å². The molecule has 1 atom stereocenters. The molecule has 2 aromatic rings. The van der Waals surface area contributed by atoms with Crippen LogP contribution in [0.25, 0.3) is 0 Å². The number of nitrogen functional groups attached to an aromatic ring is 1. The summed E-state index contributed by atoms with van der Waals surface area (Å²) in [4.78, 5) is 15.9. The highest BCUT2D eigenvalue weighted by molar-refractivity contribution is 7.13. The number of hydrogen-bond acceptors (Lipinski definition) is 4. The van der Waals surface area contributed by atoms with Gasteiger partial charge in [-0.05, 0) is 24.6 Å². The molecule has 1 aromatic heterocycles. The van der Waals surface area contributed by atoms with E-state index in [0.29, 0.717) is 15.8 Å². The number of nitrogens with two attached hydrogens (primary N) is 1. The van der Waals surface area contributed by atoms with Gasteiger partial charge in [0.1, 0.15) is 0 Å². The van der Waals surface area contributed by atoms with Gasteiger partial charge in [-0.25, -0.2) is 4.98 Å². The van der Waals surface area contributed by atoms with Gasteiger partial charge >= 0.3 is 0 Å². The number of benzene rings is 1. The van der Waals surface area contributed by atoms with Crippen LogP contribution in [0.15, 0.2) is 29.6 Å². The molecule has 3 N–H and O–H groups in total. The van der Waals surface area contributed by atoms with Gasteiger partial charge in [0, 0.05) is 10.4 Å². The molecule has 0 aliphatic rings. The minimum Gasteiger partial charge on any atom is -0.375 e. The summed E-state index contributed by atoms with van der Waals surface area (Å²) < 4.78 is 0. The second-order valence-electron chi connectivity index (χ2n) is 4.20. The third-order valence-corrected chi connectivity index (χ3v) is 3.60. The van der Waals surface area contributed by atoms with Crippen LogP contribution in [-0.4, -0.2) is 10.9 Å². The van der Waals surface area contributed by atoms with E-state index in [1.165, 1.54) is 11.3 Å². The maximum Gasteiger partial charge on any atom is 0.226 e.